The summed E-state index contributed by atoms with van der Waals surface area (Å²) in [5.74, 6) is 1.76. The van der Waals surface area contributed by atoms with E-state index in [4.69, 9.17) is 32.4 Å². The second kappa shape index (κ2) is 15.2. The summed E-state index contributed by atoms with van der Waals surface area (Å²) < 4.78 is 12.6. The molecule has 6 aromatic rings. The minimum absolute atomic E-state index is 0.0110. The maximum atomic E-state index is 6.29. The second-order valence-corrected chi connectivity index (χ2v) is 14.9. The van der Waals surface area contributed by atoms with E-state index >= 15 is 0 Å². The molecule has 2 heterocycles. The summed E-state index contributed by atoms with van der Waals surface area (Å²) in [5, 5.41) is 0. The average molecular weight is 731 g/mol. The van der Waals surface area contributed by atoms with Gasteiger partial charge in [-0.15, -0.1) is 0 Å². The highest BCUT2D eigenvalue weighted by molar-refractivity contribution is 5.89. The maximum absolute atomic E-state index is 6.29. The van der Waals surface area contributed by atoms with Crippen molar-refractivity contribution in [1.29, 1.82) is 0 Å². The van der Waals surface area contributed by atoms with Gasteiger partial charge in [0.15, 0.2) is 0 Å². The van der Waals surface area contributed by atoms with E-state index < -0.39 is 0 Å². The Morgan fingerprint density at radius 3 is 1.25 bits per heavy atom. The molecular formula is C47H50N6O2. The molecule has 0 spiro atoms. The summed E-state index contributed by atoms with van der Waals surface area (Å²) in [6.45, 7) is 1.36. The van der Waals surface area contributed by atoms with Gasteiger partial charge in [0.2, 0.25) is 0 Å². The minimum Gasteiger partial charge on any atom is -0.494 e. The lowest BCUT2D eigenvalue weighted by Gasteiger charge is -2.38. The molecule has 8 heteroatoms. The molecule has 8 nitrogen and oxygen atoms in total. The van der Waals surface area contributed by atoms with Gasteiger partial charge in [-0.3, -0.25) is 0 Å². The zero-order chi connectivity index (χ0) is 38.1. The van der Waals surface area contributed by atoms with Crippen LogP contribution in [0.15, 0.2) is 121 Å². The van der Waals surface area contributed by atoms with Gasteiger partial charge in [-0.25, -0.2) is 0 Å². The van der Waals surface area contributed by atoms with Crippen LogP contribution in [-0.4, -0.2) is 27.3 Å². The van der Waals surface area contributed by atoms with E-state index in [1.165, 1.54) is 22.3 Å². The number of benzene rings is 6. The summed E-state index contributed by atoms with van der Waals surface area (Å²) >= 11 is 0. The van der Waals surface area contributed by atoms with E-state index in [0.717, 1.165) is 100.0 Å². The number of fused-ring (bicyclic) bond motifs is 6. The van der Waals surface area contributed by atoms with E-state index in [1.807, 2.05) is 36.4 Å². The topological polar surface area (TPSA) is 129 Å². The summed E-state index contributed by atoms with van der Waals surface area (Å²) in [4.78, 5) is 4.57. The molecule has 55 heavy (non-hydrogen) atoms. The molecule has 6 aromatic carbocycles. The number of ether oxygens (including phenoxy) is 2. The molecule has 0 amide bonds. The van der Waals surface area contributed by atoms with E-state index in [0.29, 0.717) is 13.2 Å². The molecule has 0 saturated heterocycles. The third kappa shape index (κ3) is 7.20. The number of anilines is 6. The molecular weight excluding hydrogens is 681 g/mol. The zero-order valence-corrected chi connectivity index (χ0v) is 31.7. The number of hydrogen-bond donors (Lipinski definition) is 4. The molecule has 2 atom stereocenters. The summed E-state index contributed by atoms with van der Waals surface area (Å²) in [6.07, 6.45) is 5.34. The van der Waals surface area contributed by atoms with Crippen molar-refractivity contribution in [3.8, 4) is 33.8 Å². The lowest BCUT2D eigenvalue weighted by molar-refractivity contribution is 0.293. The van der Waals surface area contributed by atoms with Crippen LogP contribution in [0.1, 0.15) is 66.4 Å². The SMILES string of the molecule is CN1c2cc(N)ccc2-c2ccc(N)cc2C1c1cccc(OCCCCCCCOc2cccc(C3c4cc(N)ccc4-c4ccc(N)cc4N3C)c2)c1. The first-order valence-corrected chi connectivity index (χ1v) is 19.2. The van der Waals surface area contributed by atoms with Crippen LogP contribution in [0, 0.1) is 0 Å². The third-order valence-corrected chi connectivity index (χ3v) is 11.1. The zero-order valence-electron chi connectivity index (χ0n) is 31.7. The van der Waals surface area contributed by atoms with Gasteiger partial charge in [-0.05, 0) is 119 Å². The highest BCUT2D eigenvalue weighted by Gasteiger charge is 2.32. The first kappa shape index (κ1) is 35.7. The molecule has 2 aliphatic heterocycles. The number of nitrogen functional groups attached to an aromatic ring is 4. The van der Waals surface area contributed by atoms with Crippen molar-refractivity contribution in [1.82, 2.24) is 0 Å². The Hall–Kier alpha value is -6.28. The molecule has 2 aliphatic rings. The molecule has 0 saturated carbocycles. The van der Waals surface area contributed by atoms with Crippen molar-refractivity contribution in [2.45, 2.75) is 44.2 Å². The Kier molecular flexibility index (Phi) is 9.89. The molecule has 0 aromatic heterocycles. The fourth-order valence-electron chi connectivity index (χ4n) is 8.41. The summed E-state index contributed by atoms with van der Waals surface area (Å²) in [5.41, 5.74) is 39.6. The van der Waals surface area contributed by atoms with E-state index in [1.54, 1.807) is 0 Å². The fourth-order valence-corrected chi connectivity index (χ4v) is 8.41. The number of hydrogen-bond acceptors (Lipinski definition) is 8. The summed E-state index contributed by atoms with van der Waals surface area (Å²) in [7, 11) is 4.24. The largest absolute Gasteiger partial charge is 0.494 e. The normalized spacial score (nSPS) is 15.5. The predicted octanol–water partition coefficient (Wildman–Crippen LogP) is 9.84. The van der Waals surface area contributed by atoms with Gasteiger partial charge < -0.3 is 42.2 Å². The highest BCUT2D eigenvalue weighted by atomic mass is 16.5. The lowest BCUT2D eigenvalue weighted by Crippen LogP contribution is -2.29. The monoisotopic (exact) mass is 730 g/mol. The Morgan fingerprint density at radius 2 is 0.818 bits per heavy atom. The van der Waals surface area contributed by atoms with Crippen LogP contribution in [0.2, 0.25) is 0 Å². The van der Waals surface area contributed by atoms with E-state index in [9.17, 15) is 0 Å². The van der Waals surface area contributed by atoms with Gasteiger partial charge in [-0.2, -0.15) is 0 Å². The Labute approximate surface area is 324 Å². The number of unbranched alkanes of at least 4 members (excludes halogenated alkanes) is 4. The van der Waals surface area contributed by atoms with Crippen molar-refractivity contribution in [2.75, 3.05) is 60.0 Å². The molecule has 0 aliphatic carbocycles. The van der Waals surface area contributed by atoms with Gasteiger partial charge in [-0.1, -0.05) is 67.8 Å². The van der Waals surface area contributed by atoms with Crippen molar-refractivity contribution in [3.05, 3.63) is 144 Å². The molecule has 0 fully saturated rings. The van der Waals surface area contributed by atoms with Crippen molar-refractivity contribution in [3.63, 3.8) is 0 Å². The Balaban J connectivity index is 0.821. The van der Waals surface area contributed by atoms with Crippen LogP contribution in [0.4, 0.5) is 34.1 Å². The molecule has 8 rings (SSSR count). The van der Waals surface area contributed by atoms with Crippen LogP contribution in [0.25, 0.3) is 22.3 Å². The molecule has 8 N–H and O–H groups in total. The van der Waals surface area contributed by atoms with Gasteiger partial charge >= 0.3 is 0 Å². The fraction of sp³-hybridized carbons (Fsp3) is 0.234. The number of nitrogens with zero attached hydrogens (tertiary/aromatic N) is 2. The molecule has 280 valence electrons. The first-order valence-electron chi connectivity index (χ1n) is 19.2. The number of nitrogens with two attached hydrogens (primary N) is 4. The van der Waals surface area contributed by atoms with Crippen molar-refractivity contribution >= 4 is 34.1 Å². The van der Waals surface area contributed by atoms with Crippen LogP contribution in [-0.2, 0) is 0 Å². The Bertz CT molecular complexity index is 2180. The average Bonchev–Trinajstić information content (AvgIpc) is 3.18. The van der Waals surface area contributed by atoms with E-state index in [-0.39, 0.29) is 12.1 Å². The van der Waals surface area contributed by atoms with Crippen LogP contribution in [0.3, 0.4) is 0 Å². The van der Waals surface area contributed by atoms with Crippen molar-refractivity contribution in [2.24, 2.45) is 0 Å². The standard InChI is InChI=1S/C47H50N6O2/c1-52-44-28-34(50)16-20-40(44)38-18-14-32(48)26-42(38)46(52)30-10-8-12-36(24-30)54-22-6-4-3-5-7-23-55-37-13-9-11-31(25-37)47-43-27-33(49)15-19-39(43)41-21-17-35(51)29-45(41)53(47)2/h8-21,24-29,46-47H,3-7,22-23,48-51H2,1-2H3. The summed E-state index contributed by atoms with van der Waals surface area (Å²) in [6, 6.07) is 41.4. The first-order chi connectivity index (χ1) is 26.7. The Morgan fingerprint density at radius 1 is 0.436 bits per heavy atom. The molecule has 0 bridgehead atoms. The van der Waals surface area contributed by atoms with Gasteiger partial charge in [0.1, 0.15) is 11.5 Å². The van der Waals surface area contributed by atoms with Gasteiger partial charge in [0.25, 0.3) is 0 Å². The minimum atomic E-state index is -0.0110. The van der Waals surface area contributed by atoms with Crippen LogP contribution in [0.5, 0.6) is 11.5 Å². The smallest absolute Gasteiger partial charge is 0.119 e. The quantitative estimate of drug-likeness (QED) is 0.0724. The lowest BCUT2D eigenvalue weighted by atomic mass is 9.84. The maximum Gasteiger partial charge on any atom is 0.119 e. The van der Waals surface area contributed by atoms with Gasteiger partial charge in [0, 0.05) is 59.3 Å². The van der Waals surface area contributed by atoms with Gasteiger partial charge in [0.05, 0.1) is 25.3 Å². The second-order valence-electron chi connectivity index (χ2n) is 14.9. The highest BCUT2D eigenvalue weighted by Crippen LogP contribution is 2.49. The molecule has 2 unspecified atom stereocenters. The number of rotatable bonds is 12. The predicted molar refractivity (Wildman–Crippen MR) is 229 cm³/mol. The van der Waals surface area contributed by atoms with Crippen LogP contribution < -0.4 is 42.2 Å². The molecule has 0 radical (unpaired) electrons. The van der Waals surface area contributed by atoms with Crippen LogP contribution >= 0.6 is 0 Å². The third-order valence-electron chi connectivity index (χ3n) is 11.1. The van der Waals surface area contributed by atoms with Crippen molar-refractivity contribution < 1.29 is 9.47 Å². The van der Waals surface area contributed by atoms with E-state index in [2.05, 4.69) is 109 Å².